The van der Waals surface area contributed by atoms with Gasteiger partial charge in [0.25, 0.3) is 0 Å². The van der Waals surface area contributed by atoms with Crippen LogP contribution in [0.4, 0.5) is 0 Å². The lowest BCUT2D eigenvalue weighted by molar-refractivity contribution is -0.115. The average molecular weight is 128 g/mol. The highest BCUT2D eigenvalue weighted by Crippen LogP contribution is 1.50. The van der Waals surface area contributed by atoms with Crippen molar-refractivity contribution in [2.75, 3.05) is 0 Å². The topological polar surface area (TPSA) is 34.1 Å². The van der Waals surface area contributed by atoms with Crippen molar-refractivity contribution >= 4 is 26.7 Å². The number of carbonyl (C=O) groups excluding carboxylic acids is 2. The minimum absolute atomic E-state index is 0.0833. The third-order valence-electron chi connectivity index (χ3n) is 0. The van der Waals surface area contributed by atoms with E-state index in [1.165, 1.54) is 20.8 Å². The molecule has 0 aromatic carbocycles. The molecule has 0 fully saturated rings. The van der Waals surface area contributed by atoms with Crippen molar-refractivity contribution in [1.29, 1.82) is 0 Å². The zero-order valence-corrected chi connectivity index (χ0v) is 6.55. The summed E-state index contributed by atoms with van der Waals surface area (Å²) in [6.07, 6.45) is 0. The van der Waals surface area contributed by atoms with E-state index in [1.807, 2.05) is 16.3 Å². The van der Waals surface area contributed by atoms with Gasteiger partial charge in [-0.15, -0.1) is 0 Å². The first-order valence-corrected chi connectivity index (χ1v) is 2.77. The van der Waals surface area contributed by atoms with Crippen LogP contribution in [0.1, 0.15) is 20.8 Å². The molecule has 0 saturated carbocycles. The van der Waals surface area contributed by atoms with Crippen LogP contribution in [0.2, 0.25) is 0 Å². The van der Waals surface area contributed by atoms with Crippen molar-refractivity contribution < 1.29 is 9.59 Å². The molecule has 0 amide bonds. The number of Topliss-reactive ketones (excluding diaryl/α,β-unsaturated/α-hetero) is 1. The number of hydrogen-bond donors (Lipinski definition) is 0. The third kappa shape index (κ3) is 8570. The molecule has 8 heavy (non-hydrogen) atoms. The lowest BCUT2D eigenvalue weighted by atomic mass is 10.6. The van der Waals surface area contributed by atoms with E-state index in [1.54, 1.807) is 0 Å². The van der Waals surface area contributed by atoms with Crippen LogP contribution in [0.5, 0.6) is 0 Å². The van der Waals surface area contributed by atoms with E-state index in [9.17, 15) is 9.59 Å². The SMILES string of the molecule is CC(C)=O.C[C](=O)[Al]. The Labute approximate surface area is 57.7 Å². The second kappa shape index (κ2) is 6.87. The summed E-state index contributed by atoms with van der Waals surface area (Å²) >= 11 is 2.02. The largest absolute Gasteiger partial charge is 0.324 e. The van der Waals surface area contributed by atoms with Crippen LogP contribution in [-0.4, -0.2) is 26.7 Å². The monoisotopic (exact) mass is 128 g/mol. The predicted octanol–water partition coefficient (Wildman–Crippen LogP) is 0.297. The molecule has 0 atom stereocenters. The van der Waals surface area contributed by atoms with E-state index in [-0.39, 0.29) is 10.4 Å². The summed E-state index contributed by atoms with van der Waals surface area (Å²) in [6, 6.07) is 0. The summed E-state index contributed by atoms with van der Waals surface area (Å²) in [5.41, 5.74) is 0. The van der Waals surface area contributed by atoms with Gasteiger partial charge in [-0.05, 0) is 20.8 Å². The summed E-state index contributed by atoms with van der Waals surface area (Å²) < 4.78 is 0.0833. The summed E-state index contributed by atoms with van der Waals surface area (Å²) in [4.78, 5) is 18.9. The van der Waals surface area contributed by atoms with Gasteiger partial charge in [-0.25, -0.2) is 0 Å². The molecule has 0 bridgehead atoms. The molecule has 0 aliphatic heterocycles. The molecule has 0 aromatic rings. The molecule has 0 N–H and O–H groups in total. The number of rotatable bonds is 0. The Hall–Kier alpha value is -0.128. The molecule has 2 nitrogen and oxygen atoms in total. The lowest BCUT2D eigenvalue weighted by Gasteiger charge is -1.57. The van der Waals surface area contributed by atoms with E-state index in [2.05, 4.69) is 0 Å². The van der Waals surface area contributed by atoms with Crippen molar-refractivity contribution in [3.63, 3.8) is 0 Å². The number of carbonyl (C=O) groups is 2. The number of hydrogen-bond acceptors (Lipinski definition) is 2. The third-order valence-corrected chi connectivity index (χ3v) is 0. The molecular formula is C5H9AlO2. The Morgan fingerprint density at radius 3 is 1.12 bits per heavy atom. The Balaban J connectivity index is 0. The number of ketones is 1. The molecular weight excluding hydrogens is 119 g/mol. The normalized spacial score (nSPS) is 6.38. The zero-order chi connectivity index (χ0) is 7.15. The second-order valence-corrected chi connectivity index (χ2v) is 2.33. The van der Waals surface area contributed by atoms with Gasteiger partial charge in [0.1, 0.15) is 5.78 Å². The minimum atomic E-state index is 0.0833. The average Bonchev–Trinajstić information content (AvgIpc) is 1.25. The van der Waals surface area contributed by atoms with Gasteiger partial charge >= 0.3 is 0 Å². The van der Waals surface area contributed by atoms with Gasteiger partial charge in [0.2, 0.25) is 16.3 Å². The quantitative estimate of drug-likeness (QED) is 0.439. The molecule has 0 heterocycles. The summed E-state index contributed by atoms with van der Waals surface area (Å²) in [5, 5.41) is 0. The van der Waals surface area contributed by atoms with Crippen LogP contribution in [-0.2, 0) is 9.59 Å². The van der Waals surface area contributed by atoms with Gasteiger partial charge in [-0.2, -0.15) is 0 Å². The second-order valence-electron chi connectivity index (χ2n) is 1.52. The molecule has 0 aliphatic carbocycles. The van der Waals surface area contributed by atoms with Crippen molar-refractivity contribution in [1.82, 2.24) is 0 Å². The summed E-state index contributed by atoms with van der Waals surface area (Å²) in [7, 11) is 0. The van der Waals surface area contributed by atoms with Crippen LogP contribution >= 0.6 is 0 Å². The minimum Gasteiger partial charge on any atom is -0.324 e. The molecule has 0 unspecified atom stereocenters. The Morgan fingerprint density at radius 1 is 1.12 bits per heavy atom. The lowest BCUT2D eigenvalue weighted by Crippen LogP contribution is -1.80. The maximum atomic E-state index is 9.44. The molecule has 3 heteroatoms. The van der Waals surface area contributed by atoms with Crippen LogP contribution in [0, 0.1) is 0 Å². The van der Waals surface area contributed by atoms with Gasteiger partial charge in [0.15, 0.2) is 0 Å². The Kier molecular flexibility index (Phi) is 9.26. The molecule has 2 radical (unpaired) electrons. The molecule has 0 rings (SSSR count). The van der Waals surface area contributed by atoms with Gasteiger partial charge in [-0.3, -0.25) is 0 Å². The molecule has 0 saturated heterocycles. The molecule has 0 aromatic heterocycles. The summed E-state index contributed by atoms with van der Waals surface area (Å²) in [5.74, 6) is 0.167. The first-order chi connectivity index (χ1) is 3.46. The van der Waals surface area contributed by atoms with Crippen LogP contribution in [0.15, 0.2) is 0 Å². The van der Waals surface area contributed by atoms with Crippen LogP contribution < -0.4 is 0 Å². The van der Waals surface area contributed by atoms with Gasteiger partial charge in [-0.1, -0.05) is 0 Å². The molecule has 0 aliphatic rings. The fraction of sp³-hybridized carbons (Fsp3) is 0.600. The van der Waals surface area contributed by atoms with Crippen molar-refractivity contribution in [2.24, 2.45) is 0 Å². The first-order valence-electron chi connectivity index (χ1n) is 2.20. The standard InChI is InChI=1S/C3H6O.C2H3O.Al/c1-3(2)4;1-2-3;/h1-2H3;1H3;. The Bertz CT molecular complexity index is 68.4. The van der Waals surface area contributed by atoms with E-state index in [0.29, 0.717) is 0 Å². The molecule has 0 spiro atoms. The first kappa shape index (κ1) is 10.8. The fourth-order valence-electron chi connectivity index (χ4n) is 0. The zero-order valence-electron chi connectivity index (χ0n) is 5.39. The van der Waals surface area contributed by atoms with Crippen LogP contribution in [0.3, 0.4) is 0 Å². The van der Waals surface area contributed by atoms with E-state index in [4.69, 9.17) is 0 Å². The van der Waals surface area contributed by atoms with Crippen molar-refractivity contribution in [2.45, 2.75) is 20.8 Å². The predicted molar refractivity (Wildman–Crippen MR) is 32.8 cm³/mol. The Morgan fingerprint density at radius 2 is 1.12 bits per heavy atom. The highest BCUT2D eigenvalue weighted by molar-refractivity contribution is 6.56. The highest BCUT2D eigenvalue weighted by atomic mass is 27.0. The van der Waals surface area contributed by atoms with Crippen LogP contribution in [0.25, 0.3) is 0 Å². The molecule has 44 valence electrons. The smallest absolute Gasteiger partial charge is 0.241 e. The summed E-state index contributed by atoms with van der Waals surface area (Å²) in [6.45, 7) is 4.55. The van der Waals surface area contributed by atoms with E-state index < -0.39 is 0 Å². The van der Waals surface area contributed by atoms with Crippen molar-refractivity contribution in [3.05, 3.63) is 0 Å². The fourth-order valence-corrected chi connectivity index (χ4v) is 0. The van der Waals surface area contributed by atoms with E-state index in [0.717, 1.165) is 0 Å². The van der Waals surface area contributed by atoms with Gasteiger partial charge < -0.3 is 9.59 Å². The highest BCUT2D eigenvalue weighted by Gasteiger charge is 1.62. The van der Waals surface area contributed by atoms with Crippen molar-refractivity contribution in [3.8, 4) is 0 Å². The van der Waals surface area contributed by atoms with Gasteiger partial charge in [0.05, 0.1) is 0 Å². The maximum absolute atomic E-state index is 9.44. The maximum Gasteiger partial charge on any atom is 0.241 e. The van der Waals surface area contributed by atoms with E-state index >= 15 is 0 Å². The van der Waals surface area contributed by atoms with Gasteiger partial charge in [0, 0.05) is 4.65 Å².